The number of hydroxylamine groups is 1. The molecule has 20 heavy (non-hydrogen) atoms. The molecule has 8 heteroatoms. The zero-order chi connectivity index (χ0) is 14.9. The number of anilines is 2. The van der Waals surface area contributed by atoms with Gasteiger partial charge in [0.2, 0.25) is 0 Å². The van der Waals surface area contributed by atoms with Gasteiger partial charge in [0.1, 0.15) is 12.4 Å². The predicted octanol–water partition coefficient (Wildman–Crippen LogP) is -0.351. The van der Waals surface area contributed by atoms with Crippen molar-refractivity contribution in [3.05, 3.63) is 20.8 Å². The molecular formula is C12H18N4O4. The van der Waals surface area contributed by atoms with E-state index in [0.29, 0.717) is 18.1 Å². The van der Waals surface area contributed by atoms with Gasteiger partial charge in [-0.2, -0.15) is 5.06 Å². The van der Waals surface area contributed by atoms with Crippen LogP contribution in [0, 0.1) is 0 Å². The van der Waals surface area contributed by atoms with Gasteiger partial charge in [-0.15, -0.1) is 0 Å². The van der Waals surface area contributed by atoms with Gasteiger partial charge in [-0.1, -0.05) is 13.3 Å². The summed E-state index contributed by atoms with van der Waals surface area (Å²) >= 11 is 0. The van der Waals surface area contributed by atoms with Crippen LogP contribution in [0.25, 0.3) is 0 Å². The van der Waals surface area contributed by atoms with Gasteiger partial charge < -0.3 is 9.74 Å². The van der Waals surface area contributed by atoms with Crippen LogP contribution in [0.3, 0.4) is 0 Å². The molecule has 0 radical (unpaired) electrons. The number of aromatic nitrogens is 2. The molecule has 8 nitrogen and oxygen atoms in total. The molecule has 2 rings (SSSR count). The molecule has 0 aromatic carbocycles. The van der Waals surface area contributed by atoms with Gasteiger partial charge >= 0.3 is 12.2 Å². The molecule has 110 valence electrons. The Balaban J connectivity index is 2.63. The Labute approximate surface area is 115 Å². The highest BCUT2D eigenvalue weighted by Gasteiger charge is 2.32. The minimum Gasteiger partial charge on any atom is -0.346 e. The van der Waals surface area contributed by atoms with Crippen LogP contribution in [0.2, 0.25) is 0 Å². The summed E-state index contributed by atoms with van der Waals surface area (Å²) in [6, 6.07) is 0. The van der Waals surface area contributed by atoms with Crippen LogP contribution in [-0.4, -0.2) is 29.3 Å². The molecule has 0 saturated heterocycles. The van der Waals surface area contributed by atoms with Crippen LogP contribution in [-0.2, 0) is 23.2 Å². The zero-order valence-electron chi connectivity index (χ0n) is 11.8. The molecule has 1 aromatic heterocycles. The van der Waals surface area contributed by atoms with Crippen molar-refractivity contribution in [3.8, 4) is 0 Å². The maximum absolute atomic E-state index is 12.4. The van der Waals surface area contributed by atoms with Crippen molar-refractivity contribution in [2.75, 3.05) is 23.7 Å². The smallest absolute Gasteiger partial charge is 0.332 e. The van der Waals surface area contributed by atoms with Crippen molar-refractivity contribution < 1.29 is 9.63 Å². The quantitative estimate of drug-likeness (QED) is 0.687. The van der Waals surface area contributed by atoms with Gasteiger partial charge in [0.25, 0.3) is 5.56 Å². The molecule has 0 amide bonds. The van der Waals surface area contributed by atoms with E-state index in [2.05, 4.69) is 0 Å². The van der Waals surface area contributed by atoms with Crippen LogP contribution < -0.4 is 21.2 Å². The summed E-state index contributed by atoms with van der Waals surface area (Å²) in [5.41, 5.74) is -0.391. The Bertz CT molecular complexity index is 634. The molecule has 0 unspecified atom stereocenters. The lowest BCUT2D eigenvalue weighted by atomic mass is 10.3. The van der Waals surface area contributed by atoms with E-state index < -0.39 is 5.69 Å². The molecule has 1 aliphatic rings. The van der Waals surface area contributed by atoms with Crippen LogP contribution in [0.5, 0.6) is 0 Å². The summed E-state index contributed by atoms with van der Waals surface area (Å²) in [5.74, 6) is 0.308. The number of rotatable bonds is 5. The van der Waals surface area contributed by atoms with Crippen molar-refractivity contribution in [1.82, 2.24) is 9.13 Å². The molecule has 0 bridgehead atoms. The van der Waals surface area contributed by atoms with Crippen molar-refractivity contribution in [1.29, 1.82) is 0 Å². The van der Waals surface area contributed by atoms with Gasteiger partial charge in [0.05, 0.1) is 0 Å². The fraction of sp³-hybridized carbons (Fsp3) is 0.583. The second-order valence-electron chi connectivity index (χ2n) is 4.74. The molecule has 0 fully saturated rings. The first-order valence-corrected chi connectivity index (χ1v) is 6.45. The van der Waals surface area contributed by atoms with Crippen molar-refractivity contribution in [3.63, 3.8) is 0 Å². The molecule has 0 N–H and O–H groups in total. The van der Waals surface area contributed by atoms with Crippen LogP contribution in [0.1, 0.15) is 19.8 Å². The molecule has 0 saturated carbocycles. The van der Waals surface area contributed by atoms with E-state index in [1.54, 1.807) is 19.0 Å². The number of fused-ring (bicyclic) bond motifs is 1. The average Bonchev–Trinajstić information content (AvgIpc) is 2.74. The maximum Gasteiger partial charge on any atom is 0.332 e. The van der Waals surface area contributed by atoms with E-state index in [9.17, 15) is 14.4 Å². The molecule has 2 heterocycles. The molecule has 1 aromatic rings. The van der Waals surface area contributed by atoms with E-state index in [0.717, 1.165) is 12.8 Å². The lowest BCUT2D eigenvalue weighted by Gasteiger charge is -2.16. The lowest BCUT2D eigenvalue weighted by molar-refractivity contribution is -0.129. The number of hydrogen-bond acceptors (Lipinski definition) is 6. The fourth-order valence-electron chi connectivity index (χ4n) is 2.34. The van der Waals surface area contributed by atoms with E-state index in [1.165, 1.54) is 14.2 Å². The fourth-order valence-corrected chi connectivity index (χ4v) is 2.34. The summed E-state index contributed by atoms with van der Waals surface area (Å²) in [5, 5.41) is 1.23. The Morgan fingerprint density at radius 1 is 1.30 bits per heavy atom. The van der Waals surface area contributed by atoms with Crippen molar-refractivity contribution >= 4 is 18.0 Å². The average molecular weight is 282 g/mol. The SMILES string of the molecule is CCCCn1c(=O)c2c(n(C)c1=O)N(OC=O)CN2C. The summed E-state index contributed by atoms with van der Waals surface area (Å²) in [6.45, 7) is 2.87. The predicted molar refractivity (Wildman–Crippen MR) is 73.7 cm³/mol. The first-order valence-electron chi connectivity index (χ1n) is 6.45. The third kappa shape index (κ3) is 2.06. The van der Waals surface area contributed by atoms with E-state index in [-0.39, 0.29) is 18.7 Å². The number of carbonyl (C=O) groups is 1. The summed E-state index contributed by atoms with van der Waals surface area (Å²) in [6.07, 6.45) is 1.65. The first kappa shape index (κ1) is 14.2. The topological polar surface area (TPSA) is 76.8 Å². The molecule has 0 spiro atoms. The second kappa shape index (κ2) is 5.40. The normalized spacial score (nSPS) is 13.6. The highest BCUT2D eigenvalue weighted by atomic mass is 16.7. The van der Waals surface area contributed by atoms with Gasteiger partial charge in [-0.3, -0.25) is 18.7 Å². The Kier molecular flexibility index (Phi) is 3.82. The van der Waals surface area contributed by atoms with E-state index in [1.807, 2.05) is 6.92 Å². The number of carbonyl (C=O) groups excluding carboxylic acids is 1. The highest BCUT2D eigenvalue weighted by molar-refractivity contribution is 5.71. The first-order chi connectivity index (χ1) is 9.52. The Morgan fingerprint density at radius 2 is 2.00 bits per heavy atom. The highest BCUT2D eigenvalue weighted by Crippen LogP contribution is 2.29. The molecular weight excluding hydrogens is 264 g/mol. The van der Waals surface area contributed by atoms with Crippen LogP contribution >= 0.6 is 0 Å². The maximum atomic E-state index is 12.4. The number of hydrogen-bond donors (Lipinski definition) is 0. The number of unbranched alkanes of at least 4 members (excludes halogenated alkanes) is 1. The van der Waals surface area contributed by atoms with E-state index >= 15 is 0 Å². The van der Waals surface area contributed by atoms with Gasteiger partial charge in [-0.05, 0) is 6.42 Å². The summed E-state index contributed by atoms with van der Waals surface area (Å²) < 4.78 is 2.56. The van der Waals surface area contributed by atoms with E-state index in [4.69, 9.17) is 4.84 Å². The molecule has 1 aliphatic heterocycles. The summed E-state index contributed by atoms with van der Waals surface area (Å²) in [7, 11) is 3.27. The standard InChI is InChI=1S/C12H18N4O4/c1-4-5-6-15-11(18)9-10(14(3)12(15)19)16(20-8-17)7-13(9)2/h8H,4-7H2,1-3H3. The largest absolute Gasteiger partial charge is 0.346 e. The third-order valence-corrected chi connectivity index (χ3v) is 3.36. The Morgan fingerprint density at radius 3 is 2.60 bits per heavy atom. The minimum atomic E-state index is -0.406. The second-order valence-corrected chi connectivity index (χ2v) is 4.74. The molecule has 0 atom stereocenters. The third-order valence-electron chi connectivity index (χ3n) is 3.36. The summed E-state index contributed by atoms with van der Waals surface area (Å²) in [4.78, 5) is 41.7. The molecule has 0 aliphatic carbocycles. The van der Waals surface area contributed by atoms with Crippen LogP contribution in [0.15, 0.2) is 9.59 Å². The number of nitrogens with zero attached hydrogens (tertiary/aromatic N) is 4. The minimum absolute atomic E-state index is 0.217. The van der Waals surface area contributed by atoms with Crippen LogP contribution in [0.4, 0.5) is 11.5 Å². The van der Waals surface area contributed by atoms with Gasteiger partial charge in [0.15, 0.2) is 5.82 Å². The monoisotopic (exact) mass is 282 g/mol. The van der Waals surface area contributed by atoms with Crippen molar-refractivity contribution in [2.24, 2.45) is 7.05 Å². The van der Waals surface area contributed by atoms with Crippen molar-refractivity contribution in [2.45, 2.75) is 26.3 Å². The Hall–Kier alpha value is -2.25. The lowest BCUT2D eigenvalue weighted by Crippen LogP contribution is -2.40. The van der Waals surface area contributed by atoms with Gasteiger partial charge in [-0.25, -0.2) is 4.79 Å². The zero-order valence-corrected chi connectivity index (χ0v) is 11.8. The van der Waals surface area contributed by atoms with Gasteiger partial charge in [0, 0.05) is 20.6 Å².